The van der Waals surface area contributed by atoms with Gasteiger partial charge in [-0.25, -0.2) is 9.78 Å². The molecule has 0 aliphatic carbocycles. The van der Waals surface area contributed by atoms with Crippen LogP contribution < -0.4 is 30.1 Å². The first-order chi connectivity index (χ1) is 29.3. The van der Waals surface area contributed by atoms with Crippen LogP contribution in [0.15, 0.2) is 54.7 Å². The average Bonchev–Trinajstić information content (AvgIpc) is 3.25. The Morgan fingerprint density at radius 3 is 2.25 bits per heavy atom. The fourth-order valence-corrected chi connectivity index (χ4v) is 9.52. The van der Waals surface area contributed by atoms with Gasteiger partial charge in [0.15, 0.2) is 0 Å². The Hall–Kier alpha value is -5.89. The Morgan fingerprint density at radius 1 is 0.918 bits per heavy atom. The first-order valence-electron chi connectivity index (χ1n) is 21.0. The number of pyridine rings is 1. The Labute approximate surface area is 352 Å². The molecule has 0 saturated carbocycles. The molecule has 3 aromatic rings. The summed E-state index contributed by atoms with van der Waals surface area (Å²) in [7, 11) is 1.51. The second-order valence-corrected chi connectivity index (χ2v) is 17.0. The van der Waals surface area contributed by atoms with Crippen molar-refractivity contribution in [2.75, 3.05) is 92.6 Å². The molecule has 5 aliphatic rings. The lowest BCUT2D eigenvalue weighted by molar-refractivity contribution is -0.137. The molecule has 1 aromatic heterocycles. The van der Waals surface area contributed by atoms with E-state index in [1.54, 1.807) is 30.5 Å². The van der Waals surface area contributed by atoms with Gasteiger partial charge in [0.05, 0.1) is 41.9 Å². The van der Waals surface area contributed by atoms with Gasteiger partial charge in [-0.15, -0.1) is 0 Å². The molecule has 61 heavy (non-hydrogen) atoms. The topological polar surface area (TPSA) is 154 Å². The number of ether oxygens (including phenoxy) is 1. The number of carbonyl (C=O) groups is 4. The van der Waals surface area contributed by atoms with E-state index in [2.05, 4.69) is 25.4 Å². The van der Waals surface area contributed by atoms with Crippen molar-refractivity contribution >= 4 is 46.6 Å². The second kappa shape index (κ2) is 17.2. The van der Waals surface area contributed by atoms with Gasteiger partial charge in [-0.3, -0.25) is 24.6 Å². The van der Waals surface area contributed by atoms with Crippen molar-refractivity contribution in [3.63, 3.8) is 0 Å². The third-order valence-electron chi connectivity index (χ3n) is 13.2. The number of alkyl halides is 3. The smallest absolute Gasteiger partial charge is 0.417 e. The van der Waals surface area contributed by atoms with Crippen molar-refractivity contribution in [3.05, 3.63) is 71.4 Å². The molecule has 0 bridgehead atoms. The maximum Gasteiger partial charge on any atom is 0.417 e. The zero-order chi connectivity index (χ0) is 42.9. The van der Waals surface area contributed by atoms with Crippen LogP contribution in [0, 0.1) is 28.6 Å². The maximum atomic E-state index is 13.5. The van der Waals surface area contributed by atoms with Crippen molar-refractivity contribution in [1.29, 1.82) is 5.26 Å². The molecule has 6 heterocycles. The van der Waals surface area contributed by atoms with Gasteiger partial charge in [-0.2, -0.15) is 18.4 Å². The molecule has 17 heteroatoms. The summed E-state index contributed by atoms with van der Waals surface area (Å²) in [6.45, 7) is 7.41. The number of hydrogen-bond donors (Lipinski definition) is 2. The van der Waals surface area contributed by atoms with Gasteiger partial charge in [0.25, 0.3) is 5.91 Å². The summed E-state index contributed by atoms with van der Waals surface area (Å²) >= 11 is 0. The van der Waals surface area contributed by atoms with E-state index in [1.165, 1.54) is 24.1 Å². The van der Waals surface area contributed by atoms with Crippen LogP contribution >= 0.6 is 0 Å². The third kappa shape index (κ3) is 9.09. The minimum Gasteiger partial charge on any atom is -0.495 e. The van der Waals surface area contributed by atoms with Crippen molar-refractivity contribution in [2.24, 2.45) is 17.3 Å². The van der Waals surface area contributed by atoms with Crippen LogP contribution in [0.25, 0.3) is 0 Å². The standard InChI is InChI=1S/C44H50F3N9O5/c1-61-37-6-3-31(22-36(37)56-19-12-39(57)51-42(56)60)41(59)55-27-43(28-55)13-20-52(21-14-43)26-29-8-15-54(16-9-29)34-5-7-38(49-25-34)50-40(58)30-10-17-53(18-11-30)33-4-2-32(24-48)35(23-33)44(45,46)47/h2-7,22-23,25,29-30H,8-21,26-28H2,1H3,(H,49,50,58)(H,51,57,60). The Balaban J connectivity index is 0.746. The van der Waals surface area contributed by atoms with Crippen LogP contribution in [0.2, 0.25) is 0 Å². The molecule has 14 nitrogen and oxygen atoms in total. The van der Waals surface area contributed by atoms with Gasteiger partial charge in [-0.05, 0) is 106 Å². The molecular weight excluding hydrogens is 792 g/mol. The number of hydrogen-bond acceptors (Lipinski definition) is 10. The maximum absolute atomic E-state index is 13.5. The summed E-state index contributed by atoms with van der Waals surface area (Å²) < 4.78 is 45.9. The van der Waals surface area contributed by atoms with E-state index in [0.29, 0.717) is 73.4 Å². The summed E-state index contributed by atoms with van der Waals surface area (Å²) in [5.41, 5.74) is 1.13. The molecule has 8 rings (SSSR count). The number of methoxy groups -OCH3 is 1. The quantitative estimate of drug-likeness (QED) is 0.273. The molecular formula is C44H50F3N9O5. The molecule has 0 unspecified atom stereocenters. The Morgan fingerprint density at radius 2 is 1.61 bits per heavy atom. The molecule has 0 radical (unpaired) electrons. The number of amides is 5. The highest BCUT2D eigenvalue weighted by Gasteiger charge is 2.47. The van der Waals surface area contributed by atoms with Crippen molar-refractivity contribution in [1.82, 2.24) is 20.1 Å². The number of carbonyl (C=O) groups excluding carboxylic acids is 4. The summed E-state index contributed by atoms with van der Waals surface area (Å²) in [5, 5.41) is 14.3. The van der Waals surface area contributed by atoms with Gasteiger partial charge < -0.3 is 29.7 Å². The number of anilines is 4. The number of aromatic nitrogens is 1. The Bertz CT molecular complexity index is 2180. The molecule has 1 spiro atoms. The minimum atomic E-state index is -4.62. The highest BCUT2D eigenvalue weighted by Crippen LogP contribution is 2.42. The number of nitrogens with zero attached hydrogens (tertiary/aromatic N) is 7. The largest absolute Gasteiger partial charge is 0.495 e. The van der Waals surface area contributed by atoms with E-state index in [-0.39, 0.29) is 42.0 Å². The van der Waals surface area contributed by atoms with E-state index >= 15 is 0 Å². The lowest BCUT2D eigenvalue weighted by Crippen LogP contribution is -2.62. The molecule has 5 saturated heterocycles. The normalized spacial score (nSPS) is 20.2. The van der Waals surface area contributed by atoms with Gasteiger partial charge in [0, 0.05) is 81.4 Å². The lowest BCUT2D eigenvalue weighted by Gasteiger charge is -2.54. The predicted octanol–water partition coefficient (Wildman–Crippen LogP) is 5.74. The van der Waals surface area contributed by atoms with E-state index in [9.17, 15) is 32.3 Å². The third-order valence-corrected chi connectivity index (χ3v) is 13.2. The average molecular weight is 842 g/mol. The number of urea groups is 1. The zero-order valence-corrected chi connectivity index (χ0v) is 34.2. The summed E-state index contributed by atoms with van der Waals surface area (Å²) in [4.78, 5) is 65.4. The van der Waals surface area contributed by atoms with E-state index in [1.807, 2.05) is 21.9 Å². The van der Waals surface area contributed by atoms with Gasteiger partial charge in [-0.1, -0.05) is 0 Å². The first-order valence-corrected chi connectivity index (χ1v) is 21.0. The van der Waals surface area contributed by atoms with Crippen molar-refractivity contribution in [3.8, 4) is 11.8 Å². The minimum absolute atomic E-state index is 0.0707. The van der Waals surface area contributed by atoms with Crippen LogP contribution in [0.1, 0.15) is 66.4 Å². The molecule has 322 valence electrons. The molecule has 5 fully saturated rings. The molecule has 0 atom stereocenters. The van der Waals surface area contributed by atoms with Gasteiger partial charge in [0.1, 0.15) is 11.6 Å². The van der Waals surface area contributed by atoms with Crippen LogP contribution in [-0.2, 0) is 15.8 Å². The van der Waals surface area contributed by atoms with E-state index in [4.69, 9.17) is 10.00 Å². The van der Waals surface area contributed by atoms with Crippen LogP contribution in [-0.4, -0.2) is 111 Å². The number of benzene rings is 2. The number of imide groups is 1. The van der Waals surface area contributed by atoms with Gasteiger partial charge >= 0.3 is 12.2 Å². The highest BCUT2D eigenvalue weighted by atomic mass is 19.4. The highest BCUT2D eigenvalue weighted by molar-refractivity contribution is 6.07. The van der Waals surface area contributed by atoms with Crippen molar-refractivity contribution in [2.45, 2.75) is 51.1 Å². The second-order valence-electron chi connectivity index (χ2n) is 17.0. The van der Waals surface area contributed by atoms with Crippen molar-refractivity contribution < 1.29 is 37.1 Å². The number of rotatable bonds is 9. The number of piperidine rings is 3. The fraction of sp³-hybridized carbons (Fsp3) is 0.500. The number of likely N-dealkylation sites (tertiary alicyclic amines) is 2. The predicted molar refractivity (Wildman–Crippen MR) is 221 cm³/mol. The summed E-state index contributed by atoms with van der Waals surface area (Å²) in [6.07, 6.45) is 2.55. The molecule has 5 aliphatic heterocycles. The number of nitriles is 1. The SMILES string of the molecule is COc1ccc(C(=O)N2CC3(CCN(CC4CCN(c5ccc(NC(=O)C6CCN(c7ccc(C#N)c(C(F)(F)F)c7)CC6)nc5)CC4)CC3)C2)cc1N1CCC(=O)NC1=O. The van der Waals surface area contributed by atoms with E-state index in [0.717, 1.165) is 70.2 Å². The molecule has 2 aromatic carbocycles. The zero-order valence-electron chi connectivity index (χ0n) is 34.2. The summed E-state index contributed by atoms with van der Waals surface area (Å²) in [6, 6.07) is 13.7. The number of halogens is 3. The summed E-state index contributed by atoms with van der Waals surface area (Å²) in [5.74, 6) is 0.680. The van der Waals surface area contributed by atoms with Crippen LogP contribution in [0.4, 0.5) is 40.8 Å². The lowest BCUT2D eigenvalue weighted by atomic mass is 9.71. The van der Waals surface area contributed by atoms with E-state index < -0.39 is 23.3 Å². The Kier molecular flexibility index (Phi) is 11.8. The van der Waals surface area contributed by atoms with Crippen LogP contribution in [0.5, 0.6) is 5.75 Å². The molecule has 2 N–H and O–H groups in total. The van der Waals surface area contributed by atoms with Gasteiger partial charge in [0.2, 0.25) is 11.8 Å². The fourth-order valence-electron chi connectivity index (χ4n) is 9.52. The molecule has 5 amide bonds. The number of nitrogens with one attached hydrogen (secondary N) is 2. The van der Waals surface area contributed by atoms with Crippen LogP contribution in [0.3, 0.4) is 0 Å². The monoisotopic (exact) mass is 841 g/mol. The first kappa shape index (κ1) is 41.8.